The van der Waals surface area contributed by atoms with Crippen LogP contribution in [0, 0.1) is 0 Å². The number of fused-ring (bicyclic) bond motifs is 1. The smallest absolute Gasteiger partial charge is 0.250 e. The van der Waals surface area contributed by atoms with Crippen LogP contribution in [0.5, 0.6) is 5.75 Å². The highest BCUT2D eigenvalue weighted by molar-refractivity contribution is 5.76. The number of hydrogen-bond acceptors (Lipinski definition) is 3. The highest BCUT2D eigenvalue weighted by atomic mass is 17.3. The van der Waals surface area contributed by atoms with Crippen molar-refractivity contribution in [2.75, 3.05) is 0 Å². The van der Waals surface area contributed by atoms with Gasteiger partial charge in [-0.05, 0) is 6.07 Å². The van der Waals surface area contributed by atoms with Crippen molar-refractivity contribution >= 4 is 12.0 Å². The summed E-state index contributed by atoms with van der Waals surface area (Å²) >= 11 is 0. The Morgan fingerprint density at radius 2 is 1.89 bits per heavy atom. The minimum Gasteiger partial charge on any atom is -0.314 e. The normalized spacial score (nSPS) is 15.7. The van der Waals surface area contributed by atoms with Gasteiger partial charge in [0, 0.05) is 12.0 Å². The van der Waals surface area contributed by atoms with Gasteiger partial charge in [-0.2, -0.15) is 5.48 Å². The van der Waals surface area contributed by atoms with E-state index in [0.29, 0.717) is 5.75 Å². The summed E-state index contributed by atoms with van der Waals surface area (Å²) in [6.45, 7) is 0. The Labute approximate surface area is 105 Å². The van der Waals surface area contributed by atoms with E-state index in [1.165, 1.54) is 0 Å². The number of allylic oxidation sites excluding steroid dienone is 4. The molecule has 92 valence electrons. The molecule has 4 nitrogen and oxygen atoms in total. The molecule has 1 aliphatic heterocycles. The molecule has 0 unspecified atom stereocenters. The molecule has 0 spiro atoms. The van der Waals surface area contributed by atoms with Crippen LogP contribution >= 0.6 is 0 Å². The molecule has 0 radical (unpaired) electrons. The van der Waals surface area contributed by atoms with E-state index in [1.54, 1.807) is 18.2 Å². The molecule has 4 heteroatoms. The van der Waals surface area contributed by atoms with Crippen molar-refractivity contribution in [3.8, 4) is 5.75 Å². The second-order valence-corrected chi connectivity index (χ2v) is 3.61. The standard InChI is InChI=1S/C14H13NO3/c16-14-11-5-3-1-2-4-8-12-9-6-7-10-13(12)17-18-15-14/h1-10H,11H2,(H,15,16). The van der Waals surface area contributed by atoms with Crippen LogP contribution in [0.3, 0.4) is 0 Å². The second kappa shape index (κ2) is 6.42. The summed E-state index contributed by atoms with van der Waals surface area (Å²) in [4.78, 5) is 21.0. The zero-order valence-corrected chi connectivity index (χ0v) is 9.71. The van der Waals surface area contributed by atoms with Crippen LogP contribution in [0.25, 0.3) is 6.08 Å². The molecule has 0 bridgehead atoms. The predicted molar refractivity (Wildman–Crippen MR) is 68.2 cm³/mol. The molecule has 0 fully saturated rings. The minimum absolute atomic E-state index is 0.235. The van der Waals surface area contributed by atoms with Gasteiger partial charge < -0.3 is 4.89 Å². The molecule has 0 atom stereocenters. The van der Waals surface area contributed by atoms with Crippen LogP contribution in [0.15, 0.2) is 54.6 Å². The van der Waals surface area contributed by atoms with Crippen molar-refractivity contribution in [3.05, 3.63) is 60.2 Å². The lowest BCUT2D eigenvalue weighted by Gasteiger charge is -2.06. The molecular weight excluding hydrogens is 230 g/mol. The zero-order valence-electron chi connectivity index (χ0n) is 9.71. The fourth-order valence-electron chi connectivity index (χ4n) is 1.39. The van der Waals surface area contributed by atoms with Crippen molar-refractivity contribution in [2.45, 2.75) is 6.42 Å². The lowest BCUT2D eigenvalue weighted by atomic mass is 10.2. The van der Waals surface area contributed by atoms with Crippen molar-refractivity contribution in [1.29, 1.82) is 0 Å². The summed E-state index contributed by atoms with van der Waals surface area (Å²) in [5.41, 5.74) is 3.06. The van der Waals surface area contributed by atoms with E-state index in [-0.39, 0.29) is 12.3 Å². The minimum atomic E-state index is -0.274. The Balaban J connectivity index is 2.21. The van der Waals surface area contributed by atoms with Gasteiger partial charge in [0.1, 0.15) is 0 Å². The maximum atomic E-state index is 11.3. The van der Waals surface area contributed by atoms with E-state index in [9.17, 15) is 4.79 Å². The maximum absolute atomic E-state index is 11.3. The van der Waals surface area contributed by atoms with Crippen LogP contribution < -0.4 is 10.4 Å². The van der Waals surface area contributed by atoms with E-state index in [0.717, 1.165) is 5.56 Å². The first-order valence-electron chi connectivity index (χ1n) is 5.57. The Kier molecular flexibility index (Phi) is 4.33. The van der Waals surface area contributed by atoms with Gasteiger partial charge in [-0.1, -0.05) is 59.6 Å². The Hall–Kier alpha value is -2.33. The molecular formula is C14H13NO3. The van der Waals surface area contributed by atoms with Crippen molar-refractivity contribution in [1.82, 2.24) is 5.48 Å². The van der Waals surface area contributed by atoms with E-state index < -0.39 is 0 Å². The summed E-state index contributed by atoms with van der Waals surface area (Å²) in [6.07, 6.45) is 11.3. The SMILES string of the molecule is O=C1CC=CC=CC=Cc2ccccc2OON1. The fraction of sp³-hybridized carbons (Fsp3) is 0.0714. The quantitative estimate of drug-likeness (QED) is 0.712. The molecule has 18 heavy (non-hydrogen) atoms. The van der Waals surface area contributed by atoms with Crippen LogP contribution in [0.4, 0.5) is 0 Å². The molecule has 1 aliphatic rings. The van der Waals surface area contributed by atoms with Gasteiger partial charge in [-0.25, -0.2) is 0 Å². The van der Waals surface area contributed by atoms with Crippen molar-refractivity contribution in [3.63, 3.8) is 0 Å². The Bertz CT molecular complexity index is 504. The van der Waals surface area contributed by atoms with Crippen LogP contribution in [-0.4, -0.2) is 5.91 Å². The zero-order chi connectivity index (χ0) is 12.6. The van der Waals surface area contributed by atoms with E-state index in [1.807, 2.05) is 42.5 Å². The third kappa shape index (κ3) is 3.61. The maximum Gasteiger partial charge on any atom is 0.250 e. The lowest BCUT2D eigenvalue weighted by Crippen LogP contribution is -2.24. The summed E-state index contributed by atoms with van der Waals surface area (Å²) < 4.78 is 0. The topological polar surface area (TPSA) is 47.6 Å². The molecule has 1 amide bonds. The number of para-hydroxylation sites is 1. The largest absolute Gasteiger partial charge is 0.314 e. The molecule has 1 heterocycles. The van der Waals surface area contributed by atoms with Gasteiger partial charge in [0.15, 0.2) is 5.75 Å². The summed E-state index contributed by atoms with van der Waals surface area (Å²) in [5.74, 6) is 0.263. The molecule has 0 saturated heterocycles. The molecule has 2 rings (SSSR count). The fourth-order valence-corrected chi connectivity index (χ4v) is 1.39. The highest BCUT2D eigenvalue weighted by Gasteiger charge is 2.03. The number of amides is 1. The van der Waals surface area contributed by atoms with Crippen molar-refractivity contribution < 1.29 is 14.7 Å². The van der Waals surface area contributed by atoms with Gasteiger partial charge in [-0.3, -0.25) is 4.79 Å². The van der Waals surface area contributed by atoms with E-state index in [2.05, 4.69) is 5.48 Å². The first-order valence-corrected chi connectivity index (χ1v) is 5.57. The molecule has 1 aromatic rings. The van der Waals surface area contributed by atoms with Gasteiger partial charge in [0.05, 0.1) is 0 Å². The number of nitrogens with one attached hydrogen (secondary N) is 1. The average Bonchev–Trinajstić information content (AvgIpc) is 2.40. The van der Waals surface area contributed by atoms with Crippen LogP contribution in [-0.2, 0) is 9.78 Å². The number of carbonyl (C=O) groups is 1. The monoisotopic (exact) mass is 243 g/mol. The average molecular weight is 243 g/mol. The van der Waals surface area contributed by atoms with Gasteiger partial charge in [0.25, 0.3) is 5.91 Å². The summed E-state index contributed by atoms with van der Waals surface area (Å²) in [5, 5.41) is 0. The number of hydroxylamine groups is 1. The number of benzene rings is 1. The molecule has 1 aromatic carbocycles. The Morgan fingerprint density at radius 1 is 1.06 bits per heavy atom. The van der Waals surface area contributed by atoms with Gasteiger partial charge in [0.2, 0.25) is 0 Å². The van der Waals surface area contributed by atoms with E-state index in [4.69, 9.17) is 9.88 Å². The molecule has 0 aromatic heterocycles. The molecule has 1 N–H and O–H groups in total. The van der Waals surface area contributed by atoms with Crippen molar-refractivity contribution in [2.24, 2.45) is 0 Å². The highest BCUT2D eigenvalue weighted by Crippen LogP contribution is 2.19. The van der Waals surface area contributed by atoms with Crippen LogP contribution in [0.2, 0.25) is 0 Å². The number of carbonyl (C=O) groups excluding carboxylic acids is 1. The van der Waals surface area contributed by atoms with Gasteiger partial charge in [-0.15, -0.1) is 0 Å². The number of hydrogen-bond donors (Lipinski definition) is 1. The summed E-state index contributed by atoms with van der Waals surface area (Å²) in [7, 11) is 0. The molecule has 0 aliphatic carbocycles. The molecule has 0 saturated carbocycles. The lowest BCUT2D eigenvalue weighted by molar-refractivity contribution is -0.253. The third-order valence-electron chi connectivity index (χ3n) is 2.25. The first kappa shape index (κ1) is 12.1. The van der Waals surface area contributed by atoms with Crippen LogP contribution in [0.1, 0.15) is 12.0 Å². The third-order valence-corrected chi connectivity index (χ3v) is 2.25. The predicted octanol–water partition coefficient (Wildman–Crippen LogP) is 2.56. The number of rotatable bonds is 0. The first-order chi connectivity index (χ1) is 8.86. The second-order valence-electron chi connectivity index (χ2n) is 3.61. The Morgan fingerprint density at radius 3 is 2.83 bits per heavy atom. The summed E-state index contributed by atoms with van der Waals surface area (Å²) in [6, 6.07) is 7.37. The van der Waals surface area contributed by atoms with E-state index >= 15 is 0 Å². The van der Waals surface area contributed by atoms with Gasteiger partial charge >= 0.3 is 0 Å².